The van der Waals surface area contributed by atoms with Crippen LogP contribution in [-0.4, -0.2) is 15.4 Å². The van der Waals surface area contributed by atoms with E-state index in [9.17, 15) is 15.1 Å². The number of aromatic nitrogens is 1. The quantitative estimate of drug-likeness (QED) is 0.628. The molecule has 0 radical (unpaired) electrons. The lowest BCUT2D eigenvalue weighted by atomic mass is 10.1. The molecule has 0 atom stereocenters. The fourth-order valence-corrected chi connectivity index (χ4v) is 2.02. The zero-order valence-electron chi connectivity index (χ0n) is 11.6. The average Bonchev–Trinajstić information content (AvgIpc) is 2.93. The summed E-state index contributed by atoms with van der Waals surface area (Å²) in [4.78, 5) is 10.4. The molecule has 116 valence electrons. The SMILES string of the molecule is Nc1cc(-c2c(O)cc(O)cc2Oc2ccc(N=O)cc2)on1. The second-order valence-corrected chi connectivity index (χ2v) is 4.64. The Bertz CT molecular complexity index is 858. The second-order valence-electron chi connectivity index (χ2n) is 4.64. The summed E-state index contributed by atoms with van der Waals surface area (Å²) < 4.78 is 10.7. The molecule has 0 bridgehead atoms. The highest BCUT2D eigenvalue weighted by Gasteiger charge is 2.19. The van der Waals surface area contributed by atoms with Gasteiger partial charge in [0.1, 0.15) is 34.2 Å². The van der Waals surface area contributed by atoms with Crippen LogP contribution in [0.4, 0.5) is 11.5 Å². The number of benzene rings is 2. The van der Waals surface area contributed by atoms with Gasteiger partial charge in [-0.2, -0.15) is 0 Å². The van der Waals surface area contributed by atoms with Gasteiger partial charge in [0.15, 0.2) is 11.6 Å². The van der Waals surface area contributed by atoms with Crippen LogP contribution in [0.15, 0.2) is 52.2 Å². The second kappa shape index (κ2) is 5.68. The van der Waals surface area contributed by atoms with Gasteiger partial charge in [0.25, 0.3) is 0 Å². The summed E-state index contributed by atoms with van der Waals surface area (Å²) in [5.74, 6) is 0.366. The molecule has 0 amide bonds. The summed E-state index contributed by atoms with van der Waals surface area (Å²) in [7, 11) is 0. The highest BCUT2D eigenvalue weighted by Crippen LogP contribution is 2.43. The molecule has 3 aromatic rings. The van der Waals surface area contributed by atoms with Crippen LogP contribution >= 0.6 is 0 Å². The predicted molar refractivity (Wildman–Crippen MR) is 81.7 cm³/mol. The summed E-state index contributed by atoms with van der Waals surface area (Å²) in [5, 5.41) is 26.1. The van der Waals surface area contributed by atoms with Crippen LogP contribution in [0.3, 0.4) is 0 Å². The minimum absolute atomic E-state index is 0.130. The van der Waals surface area contributed by atoms with Crippen molar-refractivity contribution in [3.05, 3.63) is 47.4 Å². The number of nitrogens with two attached hydrogens (primary N) is 1. The molecule has 1 heterocycles. The fourth-order valence-electron chi connectivity index (χ4n) is 2.02. The lowest BCUT2D eigenvalue weighted by Crippen LogP contribution is -1.89. The maximum absolute atomic E-state index is 10.4. The van der Waals surface area contributed by atoms with Crippen molar-refractivity contribution in [2.75, 3.05) is 5.73 Å². The number of nitroso groups, excluding NO2 is 1. The van der Waals surface area contributed by atoms with Crippen molar-refractivity contribution >= 4 is 11.5 Å². The molecule has 0 fully saturated rings. The Labute approximate surface area is 129 Å². The van der Waals surface area contributed by atoms with Gasteiger partial charge in [-0.15, -0.1) is 4.91 Å². The first-order valence-corrected chi connectivity index (χ1v) is 6.46. The number of nitrogens with zero attached hydrogens (tertiary/aromatic N) is 2. The number of phenolic OH excluding ortho intramolecular Hbond substituents is 2. The van der Waals surface area contributed by atoms with Gasteiger partial charge in [-0.3, -0.25) is 0 Å². The van der Waals surface area contributed by atoms with E-state index < -0.39 is 0 Å². The van der Waals surface area contributed by atoms with E-state index in [1.54, 1.807) is 0 Å². The van der Waals surface area contributed by atoms with E-state index in [2.05, 4.69) is 10.3 Å². The molecular formula is C15H11N3O5. The van der Waals surface area contributed by atoms with Crippen molar-refractivity contribution < 1.29 is 19.5 Å². The minimum Gasteiger partial charge on any atom is -0.508 e. The normalized spacial score (nSPS) is 10.4. The number of hydrogen-bond donors (Lipinski definition) is 3. The number of phenols is 2. The van der Waals surface area contributed by atoms with Crippen molar-refractivity contribution in [2.45, 2.75) is 0 Å². The molecule has 0 saturated carbocycles. The Morgan fingerprint density at radius 2 is 1.87 bits per heavy atom. The minimum atomic E-state index is -0.262. The zero-order valence-corrected chi connectivity index (χ0v) is 11.6. The highest BCUT2D eigenvalue weighted by molar-refractivity contribution is 5.75. The molecule has 0 aliphatic carbocycles. The molecule has 3 rings (SSSR count). The van der Waals surface area contributed by atoms with Crippen molar-refractivity contribution in [3.8, 4) is 34.3 Å². The van der Waals surface area contributed by atoms with E-state index in [0.29, 0.717) is 5.75 Å². The van der Waals surface area contributed by atoms with E-state index in [4.69, 9.17) is 15.0 Å². The third kappa shape index (κ3) is 2.91. The van der Waals surface area contributed by atoms with Crippen molar-refractivity contribution in [3.63, 3.8) is 0 Å². The van der Waals surface area contributed by atoms with E-state index in [1.807, 2.05) is 0 Å². The number of rotatable bonds is 4. The fraction of sp³-hybridized carbons (Fsp3) is 0. The Kier molecular flexibility index (Phi) is 3.55. The molecular weight excluding hydrogens is 302 g/mol. The standard InChI is InChI=1S/C15H11N3O5/c16-14-7-13(23-18-14)15-11(20)5-9(19)6-12(15)22-10-3-1-8(17-21)2-4-10/h1-7,19-20H,(H2,16,18). The van der Waals surface area contributed by atoms with Gasteiger partial charge in [-0.05, 0) is 29.4 Å². The molecule has 0 saturated heterocycles. The van der Waals surface area contributed by atoms with Crippen molar-refractivity contribution in [1.29, 1.82) is 0 Å². The Morgan fingerprint density at radius 3 is 2.48 bits per heavy atom. The van der Waals surface area contributed by atoms with Gasteiger partial charge in [0.05, 0.1) is 0 Å². The van der Waals surface area contributed by atoms with Crippen molar-refractivity contribution in [1.82, 2.24) is 5.16 Å². The number of anilines is 1. The van der Waals surface area contributed by atoms with Crippen LogP contribution in [0.2, 0.25) is 0 Å². The van der Waals surface area contributed by atoms with Crippen LogP contribution in [0.25, 0.3) is 11.3 Å². The van der Waals surface area contributed by atoms with E-state index in [-0.39, 0.29) is 40.1 Å². The molecule has 8 nitrogen and oxygen atoms in total. The zero-order chi connectivity index (χ0) is 16.4. The van der Waals surface area contributed by atoms with E-state index in [0.717, 1.165) is 6.07 Å². The van der Waals surface area contributed by atoms with Gasteiger partial charge in [0, 0.05) is 18.2 Å². The molecule has 0 aliphatic heterocycles. The smallest absolute Gasteiger partial charge is 0.176 e. The molecule has 0 unspecified atom stereocenters. The summed E-state index contributed by atoms with van der Waals surface area (Å²) in [6.07, 6.45) is 0. The van der Waals surface area contributed by atoms with Crippen LogP contribution in [0.5, 0.6) is 23.0 Å². The molecule has 8 heteroatoms. The van der Waals surface area contributed by atoms with E-state index in [1.165, 1.54) is 36.4 Å². The Balaban J connectivity index is 2.04. The van der Waals surface area contributed by atoms with Crippen molar-refractivity contribution in [2.24, 2.45) is 5.18 Å². The van der Waals surface area contributed by atoms with Gasteiger partial charge in [-0.1, -0.05) is 5.16 Å². The summed E-state index contributed by atoms with van der Waals surface area (Å²) in [6, 6.07) is 9.85. The highest BCUT2D eigenvalue weighted by atomic mass is 16.5. The number of ether oxygens (including phenoxy) is 1. The molecule has 2 aromatic carbocycles. The first-order chi connectivity index (χ1) is 11.1. The monoisotopic (exact) mass is 313 g/mol. The topological polar surface area (TPSA) is 131 Å². The summed E-state index contributed by atoms with van der Waals surface area (Å²) >= 11 is 0. The van der Waals surface area contributed by atoms with Crippen LogP contribution in [-0.2, 0) is 0 Å². The predicted octanol–water partition coefficient (Wildman–Crippen LogP) is 3.53. The van der Waals surface area contributed by atoms with E-state index >= 15 is 0 Å². The Morgan fingerprint density at radius 1 is 1.13 bits per heavy atom. The Hall–Kier alpha value is -3.55. The molecule has 4 N–H and O–H groups in total. The first-order valence-electron chi connectivity index (χ1n) is 6.46. The first kappa shape index (κ1) is 14.4. The van der Waals surface area contributed by atoms with Gasteiger partial charge < -0.3 is 25.2 Å². The largest absolute Gasteiger partial charge is 0.508 e. The number of nitrogen functional groups attached to an aromatic ring is 1. The third-order valence-corrected chi connectivity index (χ3v) is 3.01. The summed E-state index contributed by atoms with van der Waals surface area (Å²) in [6.45, 7) is 0. The van der Waals surface area contributed by atoms with Gasteiger partial charge in [0.2, 0.25) is 0 Å². The molecule has 1 aromatic heterocycles. The maximum Gasteiger partial charge on any atom is 0.176 e. The lowest BCUT2D eigenvalue weighted by Gasteiger charge is -2.11. The number of aromatic hydroxyl groups is 2. The molecule has 23 heavy (non-hydrogen) atoms. The summed E-state index contributed by atoms with van der Waals surface area (Å²) in [5.41, 5.74) is 5.95. The lowest BCUT2D eigenvalue weighted by molar-refractivity contribution is 0.414. The average molecular weight is 313 g/mol. The maximum atomic E-state index is 10.4. The van der Waals surface area contributed by atoms with Crippen LogP contribution in [0.1, 0.15) is 0 Å². The molecule has 0 spiro atoms. The number of hydrogen-bond acceptors (Lipinski definition) is 8. The van der Waals surface area contributed by atoms with Gasteiger partial charge in [-0.25, -0.2) is 0 Å². The third-order valence-electron chi connectivity index (χ3n) is 3.01. The van der Waals surface area contributed by atoms with Crippen LogP contribution in [0, 0.1) is 4.91 Å². The van der Waals surface area contributed by atoms with Crippen LogP contribution < -0.4 is 10.5 Å². The molecule has 0 aliphatic rings. The van der Waals surface area contributed by atoms with Gasteiger partial charge >= 0.3 is 0 Å².